The highest BCUT2D eigenvalue weighted by molar-refractivity contribution is 5.94. The van der Waals surface area contributed by atoms with Crippen LogP contribution in [-0.2, 0) is 0 Å². The topological polar surface area (TPSA) is 79.2 Å². The van der Waals surface area contributed by atoms with Crippen molar-refractivity contribution in [2.45, 2.75) is 19.4 Å². The van der Waals surface area contributed by atoms with Crippen molar-refractivity contribution < 1.29 is 4.79 Å². The van der Waals surface area contributed by atoms with Gasteiger partial charge in [0.05, 0.1) is 0 Å². The number of nitrogens with two attached hydrogens (primary N) is 1. The van der Waals surface area contributed by atoms with Gasteiger partial charge in [-0.2, -0.15) is 0 Å². The summed E-state index contributed by atoms with van der Waals surface area (Å²) < 4.78 is 0. The maximum absolute atomic E-state index is 12.0. The number of nitrogens with zero attached hydrogens (tertiary/aromatic N) is 1. The molecule has 3 N–H and O–H groups in total. The fraction of sp³-hybridized carbons (Fsp3) is 0.455. The predicted octanol–water partition coefficient (Wildman–Crippen LogP) is 0.184. The number of carbonyl (C=O) groups excluding carboxylic acids is 1. The summed E-state index contributed by atoms with van der Waals surface area (Å²) in [6.45, 7) is 4.11. The standard InChI is InChI=1S/C11H17N3O2/c1-11(2,7-12)14(3)10(16)8-4-5-13-9(15)6-8/h4-6H,7,12H2,1-3H3,(H,13,15). The molecule has 1 rings (SSSR count). The molecule has 0 aliphatic carbocycles. The fourth-order valence-electron chi connectivity index (χ4n) is 1.18. The molecule has 0 spiro atoms. The van der Waals surface area contributed by atoms with E-state index >= 15 is 0 Å². The first-order chi connectivity index (χ1) is 7.38. The van der Waals surface area contributed by atoms with Crippen molar-refractivity contribution in [2.24, 2.45) is 5.73 Å². The number of likely N-dealkylation sites (N-methyl/N-ethyl adjacent to an activating group) is 1. The number of aromatic amines is 1. The molecule has 0 atom stereocenters. The van der Waals surface area contributed by atoms with E-state index in [0.29, 0.717) is 12.1 Å². The summed E-state index contributed by atoms with van der Waals surface area (Å²) in [6.07, 6.45) is 1.46. The van der Waals surface area contributed by atoms with E-state index in [4.69, 9.17) is 5.73 Å². The number of rotatable bonds is 3. The number of nitrogens with one attached hydrogen (secondary N) is 1. The Morgan fingerprint density at radius 2 is 2.19 bits per heavy atom. The summed E-state index contributed by atoms with van der Waals surface area (Å²) in [6, 6.07) is 2.86. The highest BCUT2D eigenvalue weighted by atomic mass is 16.2. The van der Waals surface area contributed by atoms with Crippen LogP contribution < -0.4 is 11.3 Å². The van der Waals surface area contributed by atoms with Gasteiger partial charge in [-0.3, -0.25) is 9.59 Å². The SMILES string of the molecule is CN(C(=O)c1cc[nH]c(=O)c1)C(C)(C)CN. The van der Waals surface area contributed by atoms with Crippen LogP contribution in [-0.4, -0.2) is 34.9 Å². The van der Waals surface area contributed by atoms with Crippen LogP contribution in [0.1, 0.15) is 24.2 Å². The van der Waals surface area contributed by atoms with Crippen LogP contribution in [0.25, 0.3) is 0 Å². The van der Waals surface area contributed by atoms with Crippen LogP contribution in [0.3, 0.4) is 0 Å². The minimum Gasteiger partial charge on any atom is -0.335 e. The maximum atomic E-state index is 12.0. The van der Waals surface area contributed by atoms with Crippen LogP contribution >= 0.6 is 0 Å². The van der Waals surface area contributed by atoms with Gasteiger partial charge in [0.2, 0.25) is 5.56 Å². The predicted molar refractivity (Wildman–Crippen MR) is 62.3 cm³/mol. The highest BCUT2D eigenvalue weighted by Gasteiger charge is 2.26. The second-order valence-corrected chi connectivity index (χ2v) is 4.32. The normalized spacial score (nSPS) is 11.2. The van der Waals surface area contributed by atoms with Gasteiger partial charge in [0.25, 0.3) is 5.91 Å². The first-order valence-corrected chi connectivity index (χ1v) is 5.05. The van der Waals surface area contributed by atoms with Gasteiger partial charge in [-0.25, -0.2) is 0 Å². The largest absolute Gasteiger partial charge is 0.335 e. The van der Waals surface area contributed by atoms with Crippen molar-refractivity contribution in [3.05, 3.63) is 34.2 Å². The number of pyridine rings is 1. The smallest absolute Gasteiger partial charge is 0.254 e. The lowest BCUT2D eigenvalue weighted by atomic mass is 10.0. The number of hydrogen-bond donors (Lipinski definition) is 2. The molecular formula is C11H17N3O2. The monoisotopic (exact) mass is 223 g/mol. The molecule has 1 aromatic heterocycles. The Morgan fingerprint density at radius 1 is 1.56 bits per heavy atom. The van der Waals surface area contributed by atoms with Crippen molar-refractivity contribution >= 4 is 5.91 Å². The van der Waals surface area contributed by atoms with Crippen LogP contribution in [0.5, 0.6) is 0 Å². The van der Waals surface area contributed by atoms with Crippen molar-refractivity contribution in [3.63, 3.8) is 0 Å². The molecule has 0 radical (unpaired) electrons. The number of H-pyrrole nitrogens is 1. The molecule has 0 saturated carbocycles. The molecule has 0 aliphatic rings. The lowest BCUT2D eigenvalue weighted by Crippen LogP contribution is -2.50. The van der Waals surface area contributed by atoms with Crippen LogP contribution in [0.15, 0.2) is 23.1 Å². The van der Waals surface area contributed by atoms with Gasteiger partial charge >= 0.3 is 0 Å². The summed E-state index contributed by atoms with van der Waals surface area (Å²) in [5.74, 6) is -0.207. The third kappa shape index (κ3) is 2.49. The molecule has 5 nitrogen and oxygen atoms in total. The van der Waals surface area contributed by atoms with Gasteiger partial charge in [-0.15, -0.1) is 0 Å². The number of hydrogen-bond acceptors (Lipinski definition) is 3. The molecule has 16 heavy (non-hydrogen) atoms. The first kappa shape index (κ1) is 12.4. The molecule has 0 aliphatic heterocycles. The Labute approximate surface area is 94.3 Å². The number of carbonyl (C=O) groups is 1. The van der Waals surface area contributed by atoms with Crippen molar-refractivity contribution in [2.75, 3.05) is 13.6 Å². The van der Waals surface area contributed by atoms with Gasteiger partial charge in [-0.05, 0) is 19.9 Å². The second kappa shape index (κ2) is 4.49. The van der Waals surface area contributed by atoms with E-state index in [9.17, 15) is 9.59 Å². The summed E-state index contributed by atoms with van der Waals surface area (Å²) in [7, 11) is 1.68. The summed E-state index contributed by atoms with van der Waals surface area (Å²) in [5, 5.41) is 0. The summed E-state index contributed by atoms with van der Waals surface area (Å²) in [4.78, 5) is 27.1. The lowest BCUT2D eigenvalue weighted by molar-refractivity contribution is 0.0640. The van der Waals surface area contributed by atoms with Crippen molar-refractivity contribution in [1.82, 2.24) is 9.88 Å². The molecule has 0 bridgehead atoms. The fourth-order valence-corrected chi connectivity index (χ4v) is 1.18. The Kier molecular flexibility index (Phi) is 3.49. The molecular weight excluding hydrogens is 206 g/mol. The minimum atomic E-state index is -0.431. The summed E-state index contributed by atoms with van der Waals surface area (Å²) >= 11 is 0. The maximum Gasteiger partial charge on any atom is 0.254 e. The zero-order valence-corrected chi connectivity index (χ0v) is 9.78. The molecule has 88 valence electrons. The lowest BCUT2D eigenvalue weighted by Gasteiger charge is -2.34. The van der Waals surface area contributed by atoms with E-state index in [1.54, 1.807) is 18.0 Å². The van der Waals surface area contributed by atoms with Crippen molar-refractivity contribution in [1.29, 1.82) is 0 Å². The van der Waals surface area contributed by atoms with Gasteiger partial charge in [0.15, 0.2) is 0 Å². The number of aromatic nitrogens is 1. The zero-order chi connectivity index (χ0) is 12.3. The van der Waals surface area contributed by atoms with Gasteiger partial charge in [-0.1, -0.05) is 0 Å². The molecule has 0 unspecified atom stereocenters. The van der Waals surface area contributed by atoms with Crippen molar-refractivity contribution in [3.8, 4) is 0 Å². The van der Waals surface area contributed by atoms with E-state index < -0.39 is 5.54 Å². The van der Waals surface area contributed by atoms with Crippen LogP contribution in [0, 0.1) is 0 Å². The van der Waals surface area contributed by atoms with E-state index in [-0.39, 0.29) is 11.5 Å². The third-order valence-corrected chi connectivity index (χ3v) is 2.73. The van der Waals surface area contributed by atoms with Gasteiger partial charge in [0, 0.05) is 37.0 Å². The Hall–Kier alpha value is -1.62. The van der Waals surface area contributed by atoms with E-state index in [1.165, 1.54) is 12.3 Å². The molecule has 0 fully saturated rings. The highest BCUT2D eigenvalue weighted by Crippen LogP contribution is 2.13. The van der Waals surface area contributed by atoms with Gasteiger partial charge in [0.1, 0.15) is 0 Å². The molecule has 5 heteroatoms. The molecule has 1 amide bonds. The molecule has 0 saturated heterocycles. The average Bonchev–Trinajstić information content (AvgIpc) is 2.27. The van der Waals surface area contributed by atoms with Gasteiger partial charge < -0.3 is 15.6 Å². The first-order valence-electron chi connectivity index (χ1n) is 5.05. The third-order valence-electron chi connectivity index (χ3n) is 2.73. The van der Waals surface area contributed by atoms with Crippen LogP contribution in [0.4, 0.5) is 0 Å². The minimum absolute atomic E-state index is 0.207. The Bertz CT molecular complexity index is 437. The molecule has 0 aromatic carbocycles. The molecule has 1 aromatic rings. The second-order valence-electron chi connectivity index (χ2n) is 4.32. The van der Waals surface area contributed by atoms with E-state index in [1.807, 2.05) is 13.8 Å². The van der Waals surface area contributed by atoms with E-state index in [0.717, 1.165) is 0 Å². The Balaban J connectivity index is 2.99. The molecule has 1 heterocycles. The van der Waals surface area contributed by atoms with Crippen LogP contribution in [0.2, 0.25) is 0 Å². The Morgan fingerprint density at radius 3 is 2.69 bits per heavy atom. The quantitative estimate of drug-likeness (QED) is 0.767. The summed E-state index contributed by atoms with van der Waals surface area (Å²) in [5.41, 5.74) is 5.24. The van der Waals surface area contributed by atoms with E-state index in [2.05, 4.69) is 4.98 Å². The number of amides is 1. The average molecular weight is 223 g/mol. The zero-order valence-electron chi connectivity index (χ0n) is 9.78.